The second-order valence-electron chi connectivity index (χ2n) is 6.28. The van der Waals surface area contributed by atoms with Crippen molar-refractivity contribution in [3.63, 3.8) is 0 Å². The number of fused-ring (bicyclic) bond motifs is 4. The van der Waals surface area contributed by atoms with E-state index in [2.05, 4.69) is 21.6 Å². The summed E-state index contributed by atoms with van der Waals surface area (Å²) in [5, 5.41) is 6.87. The van der Waals surface area contributed by atoms with Gasteiger partial charge in [0.2, 0.25) is 0 Å². The minimum atomic E-state index is 0.188. The lowest BCUT2D eigenvalue weighted by molar-refractivity contribution is 0.257. The van der Waals surface area contributed by atoms with Gasteiger partial charge in [-0.25, -0.2) is 0 Å². The van der Waals surface area contributed by atoms with Crippen molar-refractivity contribution in [2.45, 2.75) is 18.9 Å². The van der Waals surface area contributed by atoms with Crippen LogP contribution in [0.3, 0.4) is 0 Å². The van der Waals surface area contributed by atoms with Crippen LogP contribution in [0.2, 0.25) is 0 Å². The van der Waals surface area contributed by atoms with Crippen LogP contribution in [0.4, 0.5) is 5.69 Å². The zero-order valence-electron chi connectivity index (χ0n) is 11.8. The Balaban J connectivity index is 1.73. The predicted octanol–water partition coefficient (Wildman–Crippen LogP) is -0.0354. The molecule has 0 spiro atoms. The first kappa shape index (κ1) is 12.4. The van der Waals surface area contributed by atoms with Crippen LogP contribution in [0.5, 0.6) is 0 Å². The third-order valence-electron chi connectivity index (χ3n) is 4.93. The van der Waals surface area contributed by atoms with Crippen LogP contribution >= 0.6 is 0 Å². The molecule has 2 N–H and O–H groups in total. The molecule has 0 unspecified atom stereocenters. The van der Waals surface area contributed by atoms with Crippen LogP contribution in [-0.4, -0.2) is 43.8 Å². The third-order valence-corrected chi connectivity index (χ3v) is 4.93. The summed E-state index contributed by atoms with van der Waals surface area (Å²) in [5.74, 6) is 1.14. The number of piperazine rings is 1. The molecule has 1 aromatic rings. The average molecular weight is 274 g/mol. The summed E-state index contributed by atoms with van der Waals surface area (Å²) in [7, 11) is 0. The average Bonchev–Trinajstić information content (AvgIpc) is 2.49. The van der Waals surface area contributed by atoms with E-state index in [1.807, 2.05) is 10.6 Å². The van der Waals surface area contributed by atoms with Gasteiger partial charge in [0.15, 0.2) is 0 Å². The predicted molar refractivity (Wildman–Crippen MR) is 79.5 cm³/mol. The highest BCUT2D eigenvalue weighted by Gasteiger charge is 2.31. The molecule has 0 aromatic carbocycles. The topological polar surface area (TPSA) is 49.3 Å². The van der Waals surface area contributed by atoms with Gasteiger partial charge in [0.05, 0.1) is 0 Å². The summed E-state index contributed by atoms with van der Waals surface area (Å²) >= 11 is 0. The number of piperidine rings is 1. The molecule has 0 amide bonds. The van der Waals surface area contributed by atoms with Crippen LogP contribution < -0.4 is 21.1 Å². The van der Waals surface area contributed by atoms with Gasteiger partial charge in [-0.2, -0.15) is 0 Å². The van der Waals surface area contributed by atoms with Crippen molar-refractivity contribution in [1.82, 2.24) is 15.2 Å². The van der Waals surface area contributed by atoms with Gasteiger partial charge < -0.3 is 20.1 Å². The van der Waals surface area contributed by atoms with Gasteiger partial charge >= 0.3 is 0 Å². The second-order valence-corrected chi connectivity index (χ2v) is 6.28. The Bertz CT molecular complexity index is 561. The van der Waals surface area contributed by atoms with Gasteiger partial charge in [0, 0.05) is 62.6 Å². The Kier molecular flexibility index (Phi) is 3.04. The van der Waals surface area contributed by atoms with Crippen molar-refractivity contribution < 1.29 is 0 Å². The number of pyridine rings is 1. The van der Waals surface area contributed by atoms with E-state index in [1.165, 1.54) is 12.1 Å². The normalized spacial score (nSPS) is 29.1. The Morgan fingerprint density at radius 3 is 2.80 bits per heavy atom. The number of nitrogens with zero attached hydrogens (tertiary/aromatic N) is 2. The Hall–Kier alpha value is -1.33. The molecule has 4 rings (SSSR count). The molecule has 0 saturated carbocycles. The summed E-state index contributed by atoms with van der Waals surface area (Å²) in [6, 6.07) is 4.10. The largest absolute Gasteiger partial charge is 0.369 e. The van der Waals surface area contributed by atoms with Crippen LogP contribution in [-0.2, 0) is 6.54 Å². The summed E-state index contributed by atoms with van der Waals surface area (Å²) in [6.07, 6.45) is 1.23. The molecule has 2 bridgehead atoms. The molecule has 108 valence electrons. The highest BCUT2D eigenvalue weighted by molar-refractivity contribution is 5.48. The van der Waals surface area contributed by atoms with Crippen molar-refractivity contribution in [1.29, 1.82) is 0 Å². The second kappa shape index (κ2) is 4.90. The minimum Gasteiger partial charge on any atom is -0.369 e. The van der Waals surface area contributed by atoms with Gasteiger partial charge in [-0.05, 0) is 24.9 Å². The molecule has 5 nitrogen and oxygen atoms in total. The van der Waals surface area contributed by atoms with E-state index in [4.69, 9.17) is 0 Å². The number of nitrogens with one attached hydrogen (secondary N) is 2. The maximum atomic E-state index is 12.5. The smallest absolute Gasteiger partial charge is 0.252 e. The van der Waals surface area contributed by atoms with Crippen molar-refractivity contribution in [2.24, 2.45) is 5.92 Å². The molecule has 2 fully saturated rings. The van der Waals surface area contributed by atoms with Crippen molar-refractivity contribution in [3.05, 3.63) is 28.2 Å². The molecule has 1 aromatic heterocycles. The quantitative estimate of drug-likeness (QED) is 0.755. The summed E-state index contributed by atoms with van der Waals surface area (Å²) in [6.45, 7) is 6.96. The van der Waals surface area contributed by atoms with E-state index in [-0.39, 0.29) is 5.56 Å². The van der Waals surface area contributed by atoms with E-state index >= 15 is 0 Å². The summed E-state index contributed by atoms with van der Waals surface area (Å²) in [5.41, 5.74) is 2.55. The van der Waals surface area contributed by atoms with Crippen molar-refractivity contribution in [2.75, 3.05) is 44.2 Å². The van der Waals surface area contributed by atoms with Crippen molar-refractivity contribution in [3.8, 4) is 0 Å². The molecule has 3 aliphatic heterocycles. The van der Waals surface area contributed by atoms with Crippen LogP contribution in [0.1, 0.15) is 18.0 Å². The lowest BCUT2D eigenvalue weighted by Gasteiger charge is -2.38. The maximum Gasteiger partial charge on any atom is 0.252 e. The molecule has 2 saturated heterocycles. The zero-order valence-corrected chi connectivity index (χ0v) is 11.8. The minimum absolute atomic E-state index is 0.188. The Morgan fingerprint density at radius 2 is 1.95 bits per heavy atom. The number of hydrogen-bond donors (Lipinski definition) is 2. The van der Waals surface area contributed by atoms with Gasteiger partial charge in [0.1, 0.15) is 0 Å². The van der Waals surface area contributed by atoms with E-state index in [9.17, 15) is 4.79 Å². The fraction of sp³-hybridized carbons (Fsp3) is 0.667. The van der Waals surface area contributed by atoms with Crippen LogP contribution in [0.15, 0.2) is 16.9 Å². The summed E-state index contributed by atoms with van der Waals surface area (Å²) in [4.78, 5) is 14.8. The monoisotopic (exact) mass is 274 g/mol. The zero-order chi connectivity index (χ0) is 13.5. The van der Waals surface area contributed by atoms with E-state index in [0.717, 1.165) is 51.5 Å². The van der Waals surface area contributed by atoms with Gasteiger partial charge in [-0.1, -0.05) is 0 Å². The molecular formula is C15H22N4O. The number of hydrogen-bond acceptors (Lipinski definition) is 4. The lowest BCUT2D eigenvalue weighted by atomic mass is 9.84. The van der Waals surface area contributed by atoms with E-state index in [0.29, 0.717) is 11.8 Å². The lowest BCUT2D eigenvalue weighted by Crippen LogP contribution is -2.46. The first-order chi connectivity index (χ1) is 9.81. The van der Waals surface area contributed by atoms with E-state index in [1.54, 1.807) is 0 Å². The molecule has 0 aliphatic carbocycles. The highest BCUT2D eigenvalue weighted by Crippen LogP contribution is 2.33. The number of rotatable bonds is 1. The van der Waals surface area contributed by atoms with Crippen molar-refractivity contribution >= 4 is 5.69 Å². The van der Waals surface area contributed by atoms with Gasteiger partial charge in [-0.15, -0.1) is 0 Å². The molecular weight excluding hydrogens is 252 g/mol. The molecule has 5 heteroatoms. The molecule has 3 aliphatic rings. The third kappa shape index (κ3) is 2.05. The SMILES string of the molecule is O=c1cc(N2CCNCC2)cc2n1C[C@@H]1CNC[C@H]2C1. The summed E-state index contributed by atoms with van der Waals surface area (Å²) < 4.78 is 2.02. The Morgan fingerprint density at radius 1 is 1.10 bits per heavy atom. The fourth-order valence-corrected chi connectivity index (χ4v) is 3.90. The molecule has 0 radical (unpaired) electrons. The number of aromatic nitrogens is 1. The van der Waals surface area contributed by atoms with Gasteiger partial charge in [0.25, 0.3) is 5.56 Å². The number of anilines is 1. The standard InChI is InChI=1S/C15H22N4O/c20-15-7-13(18-3-1-16-2-4-18)6-14-12-5-11(8-17-9-12)10-19(14)15/h6-7,11-12,16-17H,1-5,8-10H2/t11-,12+/m0/s1. The molecule has 20 heavy (non-hydrogen) atoms. The first-order valence-corrected chi connectivity index (χ1v) is 7.72. The van der Waals surface area contributed by atoms with E-state index < -0.39 is 0 Å². The highest BCUT2D eigenvalue weighted by atomic mass is 16.1. The molecule has 4 heterocycles. The first-order valence-electron chi connectivity index (χ1n) is 7.72. The Labute approximate surface area is 119 Å². The van der Waals surface area contributed by atoms with Crippen LogP contribution in [0, 0.1) is 5.92 Å². The maximum absolute atomic E-state index is 12.5. The molecule has 2 atom stereocenters. The fourth-order valence-electron chi connectivity index (χ4n) is 3.90. The van der Waals surface area contributed by atoms with Crippen LogP contribution in [0.25, 0.3) is 0 Å². The van der Waals surface area contributed by atoms with Gasteiger partial charge in [-0.3, -0.25) is 4.79 Å².